The molecule has 7 nitrogen and oxygen atoms in total. The molecule has 1 fully saturated rings. The predicted octanol–water partition coefficient (Wildman–Crippen LogP) is 0.921. The molecule has 0 unspecified atom stereocenters. The molecule has 0 bridgehead atoms. The third-order valence-corrected chi connectivity index (χ3v) is 5.42. The van der Waals surface area contributed by atoms with Crippen molar-refractivity contribution in [1.82, 2.24) is 14.4 Å². The SMILES string of the molecule is Cc1noc(C)c1CN(C)C(=O)[C@@H]1CCCN(S(C)(=O)=O)C1. The van der Waals surface area contributed by atoms with Crippen LogP contribution in [-0.2, 0) is 21.4 Å². The van der Waals surface area contributed by atoms with E-state index < -0.39 is 10.0 Å². The van der Waals surface area contributed by atoms with Crippen LogP contribution < -0.4 is 0 Å². The topological polar surface area (TPSA) is 83.7 Å². The van der Waals surface area contributed by atoms with Crippen molar-refractivity contribution < 1.29 is 17.7 Å². The van der Waals surface area contributed by atoms with Crippen molar-refractivity contribution in [2.45, 2.75) is 33.2 Å². The Morgan fingerprint density at radius 2 is 2.14 bits per heavy atom. The Balaban J connectivity index is 2.04. The fourth-order valence-corrected chi connectivity index (χ4v) is 3.71. The first-order chi connectivity index (χ1) is 10.2. The highest BCUT2D eigenvalue weighted by atomic mass is 32.2. The van der Waals surface area contributed by atoms with Crippen LogP contribution in [0.1, 0.15) is 29.9 Å². The van der Waals surface area contributed by atoms with Crippen LogP contribution in [0.15, 0.2) is 4.52 Å². The Morgan fingerprint density at radius 1 is 1.45 bits per heavy atom. The van der Waals surface area contributed by atoms with Crippen LogP contribution in [0.4, 0.5) is 0 Å². The average molecular weight is 329 g/mol. The van der Waals surface area contributed by atoms with Gasteiger partial charge in [-0.05, 0) is 26.7 Å². The molecule has 1 aromatic heterocycles. The third kappa shape index (κ3) is 3.67. The van der Waals surface area contributed by atoms with Gasteiger partial charge < -0.3 is 9.42 Å². The second-order valence-electron chi connectivity index (χ2n) is 5.96. The minimum absolute atomic E-state index is 0.0339. The molecule has 0 radical (unpaired) electrons. The second kappa shape index (κ2) is 6.37. The normalized spacial score (nSPS) is 20.1. The van der Waals surface area contributed by atoms with E-state index in [2.05, 4.69) is 5.16 Å². The van der Waals surface area contributed by atoms with E-state index in [4.69, 9.17) is 4.52 Å². The highest BCUT2D eigenvalue weighted by Gasteiger charge is 2.32. The van der Waals surface area contributed by atoms with Crippen LogP contribution in [0.25, 0.3) is 0 Å². The highest BCUT2D eigenvalue weighted by Crippen LogP contribution is 2.22. The standard InChI is InChI=1S/C14H23N3O4S/c1-10-13(11(2)21-15-10)9-16(3)14(18)12-6-5-7-17(8-12)22(4,19)20/h12H,5-9H2,1-4H3/t12-/m1/s1. The molecule has 1 aliphatic heterocycles. The second-order valence-corrected chi connectivity index (χ2v) is 7.94. The lowest BCUT2D eigenvalue weighted by Gasteiger charge is -2.32. The number of carbonyl (C=O) groups excluding carboxylic acids is 1. The predicted molar refractivity (Wildman–Crippen MR) is 81.6 cm³/mol. The van der Waals surface area contributed by atoms with Crippen LogP contribution in [0, 0.1) is 19.8 Å². The smallest absolute Gasteiger partial charge is 0.227 e. The molecule has 1 aromatic rings. The first-order valence-corrected chi connectivity index (χ1v) is 9.17. The molecule has 0 aromatic carbocycles. The Hall–Kier alpha value is -1.41. The number of rotatable bonds is 4. The van der Waals surface area contributed by atoms with E-state index in [0.717, 1.165) is 17.7 Å². The number of aryl methyl sites for hydroxylation is 2. The maximum absolute atomic E-state index is 12.6. The summed E-state index contributed by atoms with van der Waals surface area (Å²) in [5.74, 6) is 0.390. The summed E-state index contributed by atoms with van der Waals surface area (Å²) in [6.07, 6.45) is 2.62. The van der Waals surface area contributed by atoms with Crippen molar-refractivity contribution in [2.75, 3.05) is 26.4 Å². The van der Waals surface area contributed by atoms with E-state index in [1.54, 1.807) is 11.9 Å². The number of aromatic nitrogens is 1. The first-order valence-electron chi connectivity index (χ1n) is 7.32. The number of carbonyl (C=O) groups is 1. The number of amides is 1. The molecule has 22 heavy (non-hydrogen) atoms. The van der Waals surface area contributed by atoms with Crippen LogP contribution >= 0.6 is 0 Å². The zero-order chi connectivity index (χ0) is 16.5. The summed E-state index contributed by atoms with van der Waals surface area (Å²) in [7, 11) is -1.51. The van der Waals surface area contributed by atoms with E-state index in [-0.39, 0.29) is 18.4 Å². The third-order valence-electron chi connectivity index (χ3n) is 4.16. The van der Waals surface area contributed by atoms with E-state index in [9.17, 15) is 13.2 Å². The Labute approximate surface area is 131 Å². The molecule has 2 rings (SSSR count). The van der Waals surface area contributed by atoms with Gasteiger partial charge in [0.15, 0.2) is 0 Å². The van der Waals surface area contributed by atoms with Crippen molar-refractivity contribution in [3.05, 3.63) is 17.0 Å². The summed E-state index contributed by atoms with van der Waals surface area (Å²) in [4.78, 5) is 14.2. The lowest BCUT2D eigenvalue weighted by atomic mass is 9.98. The van der Waals surface area contributed by atoms with Gasteiger partial charge in [-0.1, -0.05) is 5.16 Å². The van der Waals surface area contributed by atoms with Crippen molar-refractivity contribution in [1.29, 1.82) is 0 Å². The Kier molecular flexibility index (Phi) is 4.91. The minimum Gasteiger partial charge on any atom is -0.361 e. The largest absolute Gasteiger partial charge is 0.361 e. The van der Waals surface area contributed by atoms with Gasteiger partial charge in [-0.2, -0.15) is 0 Å². The maximum Gasteiger partial charge on any atom is 0.227 e. The summed E-state index contributed by atoms with van der Waals surface area (Å²) < 4.78 is 29.8. The average Bonchev–Trinajstić information content (AvgIpc) is 2.77. The molecule has 0 N–H and O–H groups in total. The molecule has 8 heteroatoms. The van der Waals surface area contributed by atoms with Gasteiger partial charge in [-0.3, -0.25) is 4.79 Å². The molecule has 1 aliphatic rings. The summed E-state index contributed by atoms with van der Waals surface area (Å²) in [5.41, 5.74) is 1.69. The summed E-state index contributed by atoms with van der Waals surface area (Å²) in [6.45, 7) is 4.85. The molecule has 0 spiro atoms. The van der Waals surface area contributed by atoms with Gasteiger partial charge in [0.25, 0.3) is 0 Å². The van der Waals surface area contributed by atoms with Crippen LogP contribution in [0.2, 0.25) is 0 Å². The van der Waals surface area contributed by atoms with Gasteiger partial charge >= 0.3 is 0 Å². The fourth-order valence-electron chi connectivity index (χ4n) is 2.80. The molecule has 1 saturated heterocycles. The van der Waals surface area contributed by atoms with Gasteiger partial charge in [0.1, 0.15) is 5.76 Å². The first kappa shape index (κ1) is 17.0. The molecule has 0 saturated carbocycles. The molecular weight excluding hydrogens is 306 g/mol. The van der Waals surface area contributed by atoms with E-state index in [0.29, 0.717) is 25.3 Å². The lowest BCUT2D eigenvalue weighted by Crippen LogP contribution is -2.45. The Bertz CT molecular complexity index is 634. The summed E-state index contributed by atoms with van der Waals surface area (Å²) >= 11 is 0. The van der Waals surface area contributed by atoms with Gasteiger partial charge in [-0.25, -0.2) is 12.7 Å². The van der Waals surface area contributed by atoms with Crippen molar-refractivity contribution in [3.8, 4) is 0 Å². The number of piperidine rings is 1. The molecule has 1 atom stereocenters. The van der Waals surface area contributed by atoms with E-state index >= 15 is 0 Å². The van der Waals surface area contributed by atoms with Gasteiger partial charge in [0, 0.05) is 25.7 Å². The van der Waals surface area contributed by atoms with Crippen LogP contribution in [0.3, 0.4) is 0 Å². The molecule has 124 valence electrons. The maximum atomic E-state index is 12.6. The van der Waals surface area contributed by atoms with Crippen LogP contribution in [0.5, 0.6) is 0 Å². The van der Waals surface area contributed by atoms with E-state index in [1.165, 1.54) is 10.6 Å². The molecule has 2 heterocycles. The molecule has 1 amide bonds. The summed E-state index contributed by atoms with van der Waals surface area (Å²) in [5, 5.41) is 3.88. The van der Waals surface area contributed by atoms with Crippen LogP contribution in [-0.4, -0.2) is 55.1 Å². The fraction of sp³-hybridized carbons (Fsp3) is 0.714. The molecule has 0 aliphatic carbocycles. The summed E-state index contributed by atoms with van der Waals surface area (Å²) in [6, 6.07) is 0. The molecular formula is C14H23N3O4S. The van der Waals surface area contributed by atoms with Gasteiger partial charge in [-0.15, -0.1) is 0 Å². The van der Waals surface area contributed by atoms with Crippen molar-refractivity contribution in [3.63, 3.8) is 0 Å². The highest BCUT2D eigenvalue weighted by molar-refractivity contribution is 7.88. The van der Waals surface area contributed by atoms with Gasteiger partial charge in [0.2, 0.25) is 15.9 Å². The number of hydrogen-bond acceptors (Lipinski definition) is 5. The number of nitrogens with zero attached hydrogens (tertiary/aromatic N) is 3. The van der Waals surface area contributed by atoms with Crippen molar-refractivity contribution in [2.24, 2.45) is 5.92 Å². The monoisotopic (exact) mass is 329 g/mol. The minimum atomic E-state index is -3.24. The zero-order valence-electron chi connectivity index (χ0n) is 13.5. The number of sulfonamides is 1. The van der Waals surface area contributed by atoms with Crippen molar-refractivity contribution >= 4 is 15.9 Å². The quantitative estimate of drug-likeness (QED) is 0.820. The number of hydrogen-bond donors (Lipinski definition) is 0. The van der Waals surface area contributed by atoms with Gasteiger partial charge in [0.05, 0.1) is 24.4 Å². The lowest BCUT2D eigenvalue weighted by molar-refractivity contribution is -0.135. The zero-order valence-corrected chi connectivity index (χ0v) is 14.3. The Morgan fingerprint density at radius 3 is 2.68 bits per heavy atom. The van der Waals surface area contributed by atoms with E-state index in [1.807, 2.05) is 13.8 Å².